The molecule has 1 saturated heterocycles. The van der Waals surface area contributed by atoms with E-state index in [-0.39, 0.29) is 11.8 Å². The minimum absolute atomic E-state index is 0.00654. The standard InChI is InChI=1S/C29H28ClN3O4/c1-19-15-22(8-9-23(19)30)35-12-4-11-32-25-6-3-2-5-24(25)31-29(32)20-16-28(34)33(18-20)21-7-10-26-27(17-21)37-14-13-36-26/h2-3,5-10,15,17,20H,4,11-14,16,18H2,1H3. The number of nitrogens with zero attached hydrogens (tertiary/aromatic N) is 3. The summed E-state index contributed by atoms with van der Waals surface area (Å²) in [5.41, 5.74) is 3.84. The zero-order valence-electron chi connectivity index (χ0n) is 20.7. The molecule has 1 amide bonds. The van der Waals surface area contributed by atoms with Gasteiger partial charge in [-0.15, -0.1) is 0 Å². The van der Waals surface area contributed by atoms with Crippen LogP contribution in [-0.4, -0.2) is 41.8 Å². The molecule has 0 spiro atoms. The normalized spacial score (nSPS) is 17.0. The van der Waals surface area contributed by atoms with E-state index in [1.807, 2.05) is 66.4 Å². The van der Waals surface area contributed by atoms with Crippen molar-refractivity contribution in [3.05, 3.63) is 77.1 Å². The van der Waals surface area contributed by atoms with Crippen LogP contribution >= 0.6 is 11.6 Å². The first-order chi connectivity index (χ1) is 18.1. The van der Waals surface area contributed by atoms with Gasteiger partial charge in [0.05, 0.1) is 17.6 Å². The first kappa shape index (κ1) is 23.7. The fourth-order valence-corrected chi connectivity index (χ4v) is 5.21. The third kappa shape index (κ3) is 4.71. The lowest BCUT2D eigenvalue weighted by Crippen LogP contribution is -2.25. The second-order valence-electron chi connectivity index (χ2n) is 9.46. The molecule has 7 nitrogen and oxygen atoms in total. The predicted molar refractivity (Wildman–Crippen MR) is 143 cm³/mol. The van der Waals surface area contributed by atoms with Gasteiger partial charge in [0.25, 0.3) is 0 Å². The van der Waals surface area contributed by atoms with E-state index in [0.29, 0.717) is 38.5 Å². The fraction of sp³-hybridized carbons (Fsp3) is 0.310. The number of benzene rings is 3. The molecule has 0 bridgehead atoms. The van der Waals surface area contributed by atoms with Crippen LogP contribution in [0.5, 0.6) is 17.2 Å². The van der Waals surface area contributed by atoms with Crippen molar-refractivity contribution >= 4 is 34.2 Å². The Kier molecular flexibility index (Phi) is 6.38. The smallest absolute Gasteiger partial charge is 0.227 e. The molecule has 4 aromatic rings. The van der Waals surface area contributed by atoms with Gasteiger partial charge >= 0.3 is 0 Å². The summed E-state index contributed by atoms with van der Waals surface area (Å²) in [5.74, 6) is 3.24. The number of imidazole rings is 1. The van der Waals surface area contributed by atoms with Crippen molar-refractivity contribution in [2.75, 3.05) is 31.3 Å². The van der Waals surface area contributed by atoms with E-state index in [4.69, 9.17) is 30.8 Å². The highest BCUT2D eigenvalue weighted by atomic mass is 35.5. The zero-order chi connectivity index (χ0) is 25.4. The number of hydrogen-bond donors (Lipinski definition) is 0. The van der Waals surface area contributed by atoms with Crippen LogP contribution in [0.4, 0.5) is 5.69 Å². The second-order valence-corrected chi connectivity index (χ2v) is 9.86. The van der Waals surface area contributed by atoms with E-state index >= 15 is 0 Å². The Labute approximate surface area is 220 Å². The van der Waals surface area contributed by atoms with Gasteiger partial charge in [-0.25, -0.2) is 4.98 Å². The van der Waals surface area contributed by atoms with Crippen LogP contribution in [0, 0.1) is 6.92 Å². The summed E-state index contributed by atoms with van der Waals surface area (Å²) in [6.07, 6.45) is 1.22. The highest BCUT2D eigenvalue weighted by Crippen LogP contribution is 2.38. The molecule has 2 aliphatic heterocycles. The van der Waals surface area contributed by atoms with Crippen molar-refractivity contribution in [3.8, 4) is 17.2 Å². The van der Waals surface area contributed by atoms with E-state index in [1.165, 1.54) is 0 Å². The molecule has 0 saturated carbocycles. The van der Waals surface area contributed by atoms with Crippen molar-refractivity contribution in [1.82, 2.24) is 9.55 Å². The molecule has 1 aromatic heterocycles. The number of rotatable bonds is 7. The van der Waals surface area contributed by atoms with Gasteiger partial charge in [-0.05, 0) is 61.4 Å². The Hall–Kier alpha value is -3.71. The number of halogens is 1. The largest absolute Gasteiger partial charge is 0.494 e. The van der Waals surface area contributed by atoms with Crippen LogP contribution in [0.15, 0.2) is 60.7 Å². The SMILES string of the molecule is Cc1cc(OCCCn2c(C3CC(=O)N(c4ccc5c(c4)OCCO5)C3)nc3ccccc32)ccc1Cl. The van der Waals surface area contributed by atoms with Crippen molar-refractivity contribution in [3.63, 3.8) is 0 Å². The predicted octanol–water partition coefficient (Wildman–Crippen LogP) is 5.76. The third-order valence-electron chi connectivity index (χ3n) is 6.94. The Balaban J connectivity index is 1.20. The molecule has 8 heteroatoms. The average Bonchev–Trinajstić information content (AvgIpc) is 3.48. The van der Waals surface area contributed by atoms with Crippen molar-refractivity contribution < 1.29 is 19.0 Å². The van der Waals surface area contributed by atoms with Gasteiger partial charge in [0.2, 0.25) is 5.91 Å². The highest BCUT2D eigenvalue weighted by Gasteiger charge is 2.35. The minimum atomic E-state index is -0.00654. The minimum Gasteiger partial charge on any atom is -0.494 e. The topological polar surface area (TPSA) is 65.8 Å². The second kappa shape index (κ2) is 9.98. The van der Waals surface area contributed by atoms with Gasteiger partial charge in [0.1, 0.15) is 24.8 Å². The molecular weight excluding hydrogens is 490 g/mol. The summed E-state index contributed by atoms with van der Waals surface area (Å²) in [6.45, 7) is 4.91. The van der Waals surface area contributed by atoms with Crippen LogP contribution in [0.1, 0.15) is 30.1 Å². The average molecular weight is 518 g/mol. The summed E-state index contributed by atoms with van der Waals surface area (Å²) >= 11 is 6.13. The molecule has 1 fully saturated rings. The quantitative estimate of drug-likeness (QED) is 0.292. The van der Waals surface area contributed by atoms with Crippen molar-refractivity contribution in [1.29, 1.82) is 0 Å². The summed E-state index contributed by atoms with van der Waals surface area (Å²) in [6, 6.07) is 19.5. The summed E-state index contributed by atoms with van der Waals surface area (Å²) in [5, 5.41) is 0.735. The zero-order valence-corrected chi connectivity index (χ0v) is 21.4. The number of aromatic nitrogens is 2. The number of hydrogen-bond acceptors (Lipinski definition) is 5. The Morgan fingerprint density at radius 2 is 1.89 bits per heavy atom. The summed E-state index contributed by atoms with van der Waals surface area (Å²) in [7, 11) is 0. The Bertz CT molecular complexity index is 1470. The fourth-order valence-electron chi connectivity index (χ4n) is 5.09. The lowest BCUT2D eigenvalue weighted by atomic mass is 10.1. The number of ether oxygens (including phenoxy) is 3. The molecule has 190 valence electrons. The van der Waals surface area contributed by atoms with Crippen LogP contribution in [0.2, 0.25) is 5.02 Å². The van der Waals surface area contributed by atoms with E-state index in [2.05, 4.69) is 10.6 Å². The van der Waals surface area contributed by atoms with Gasteiger partial charge in [-0.2, -0.15) is 0 Å². The number of fused-ring (bicyclic) bond motifs is 2. The van der Waals surface area contributed by atoms with E-state index < -0.39 is 0 Å². The summed E-state index contributed by atoms with van der Waals surface area (Å²) in [4.78, 5) is 19.9. The van der Waals surface area contributed by atoms with Crippen LogP contribution in [0.25, 0.3) is 11.0 Å². The van der Waals surface area contributed by atoms with Gasteiger partial charge in [0.15, 0.2) is 11.5 Å². The molecule has 0 aliphatic carbocycles. The number of carbonyl (C=O) groups is 1. The van der Waals surface area contributed by atoms with Crippen molar-refractivity contribution in [2.45, 2.75) is 32.2 Å². The number of para-hydroxylation sites is 2. The monoisotopic (exact) mass is 517 g/mol. The van der Waals surface area contributed by atoms with E-state index in [0.717, 1.165) is 57.6 Å². The first-order valence-electron chi connectivity index (χ1n) is 12.6. The molecule has 3 heterocycles. The number of anilines is 1. The molecule has 6 rings (SSSR count). The molecule has 3 aromatic carbocycles. The maximum Gasteiger partial charge on any atom is 0.227 e. The van der Waals surface area contributed by atoms with Gasteiger partial charge in [-0.3, -0.25) is 4.79 Å². The molecule has 37 heavy (non-hydrogen) atoms. The maximum atomic E-state index is 13.1. The van der Waals surface area contributed by atoms with Gasteiger partial charge in [-0.1, -0.05) is 23.7 Å². The van der Waals surface area contributed by atoms with Crippen LogP contribution in [-0.2, 0) is 11.3 Å². The summed E-state index contributed by atoms with van der Waals surface area (Å²) < 4.78 is 19.6. The molecular formula is C29H28ClN3O4. The van der Waals surface area contributed by atoms with E-state index in [1.54, 1.807) is 0 Å². The highest BCUT2D eigenvalue weighted by molar-refractivity contribution is 6.31. The molecule has 0 radical (unpaired) electrons. The van der Waals surface area contributed by atoms with Gasteiger partial charge in [0, 0.05) is 42.2 Å². The van der Waals surface area contributed by atoms with Crippen molar-refractivity contribution in [2.24, 2.45) is 0 Å². The molecule has 1 unspecified atom stereocenters. The van der Waals surface area contributed by atoms with Gasteiger partial charge < -0.3 is 23.7 Å². The van der Waals surface area contributed by atoms with Crippen LogP contribution in [0.3, 0.4) is 0 Å². The molecule has 0 N–H and O–H groups in total. The Morgan fingerprint density at radius 3 is 2.76 bits per heavy atom. The van der Waals surface area contributed by atoms with Crippen LogP contribution < -0.4 is 19.1 Å². The lowest BCUT2D eigenvalue weighted by Gasteiger charge is -2.22. The van der Waals surface area contributed by atoms with E-state index in [9.17, 15) is 4.79 Å². The Morgan fingerprint density at radius 1 is 1.05 bits per heavy atom. The molecule has 1 atom stereocenters. The third-order valence-corrected chi connectivity index (χ3v) is 7.36. The number of aryl methyl sites for hydroxylation is 2. The lowest BCUT2D eigenvalue weighted by molar-refractivity contribution is -0.117. The number of amides is 1. The number of carbonyl (C=O) groups excluding carboxylic acids is 1. The molecule has 2 aliphatic rings. The first-order valence-corrected chi connectivity index (χ1v) is 13.0. The maximum absolute atomic E-state index is 13.1.